The van der Waals surface area contributed by atoms with Crippen LogP contribution in [-0.2, 0) is 14.3 Å². The highest BCUT2D eigenvalue weighted by Gasteiger charge is 2.36. The van der Waals surface area contributed by atoms with E-state index in [-0.39, 0.29) is 23.9 Å². The second-order valence-corrected chi connectivity index (χ2v) is 8.26. The van der Waals surface area contributed by atoms with E-state index >= 15 is 0 Å². The van der Waals surface area contributed by atoms with Gasteiger partial charge in [0.1, 0.15) is 11.6 Å². The number of carbonyl (C=O) groups is 3. The highest BCUT2D eigenvalue weighted by atomic mass is 16.6. The highest BCUT2D eigenvalue weighted by Crippen LogP contribution is 2.21. The van der Waals surface area contributed by atoms with Gasteiger partial charge in [0.05, 0.1) is 6.54 Å². The maximum absolute atomic E-state index is 12.6. The van der Waals surface area contributed by atoms with Gasteiger partial charge < -0.3 is 19.9 Å². The van der Waals surface area contributed by atoms with Crippen LogP contribution in [0.3, 0.4) is 0 Å². The van der Waals surface area contributed by atoms with E-state index in [2.05, 4.69) is 10.2 Å². The second kappa shape index (κ2) is 8.91. The zero-order valence-electron chi connectivity index (χ0n) is 17.3. The van der Waals surface area contributed by atoms with Gasteiger partial charge in [-0.25, -0.2) is 4.79 Å². The van der Waals surface area contributed by atoms with Crippen molar-refractivity contribution in [2.24, 2.45) is 0 Å². The molecule has 2 aliphatic heterocycles. The average molecular weight is 383 g/mol. The fourth-order valence-corrected chi connectivity index (χ4v) is 3.68. The molecule has 1 unspecified atom stereocenters. The van der Waals surface area contributed by atoms with E-state index in [4.69, 9.17) is 4.74 Å². The van der Waals surface area contributed by atoms with Crippen LogP contribution in [0, 0.1) is 0 Å². The van der Waals surface area contributed by atoms with E-state index in [1.165, 1.54) is 0 Å². The predicted molar refractivity (Wildman–Crippen MR) is 102 cm³/mol. The van der Waals surface area contributed by atoms with Crippen molar-refractivity contribution in [1.82, 2.24) is 20.0 Å². The molecule has 2 fully saturated rings. The van der Waals surface area contributed by atoms with Gasteiger partial charge >= 0.3 is 6.09 Å². The molecule has 0 aromatic carbocycles. The third-order valence-corrected chi connectivity index (χ3v) is 5.10. The lowest BCUT2D eigenvalue weighted by Crippen LogP contribution is -2.63. The summed E-state index contributed by atoms with van der Waals surface area (Å²) in [5, 5.41) is 2.83. The van der Waals surface area contributed by atoms with Crippen LogP contribution in [0.5, 0.6) is 0 Å². The summed E-state index contributed by atoms with van der Waals surface area (Å²) in [5.41, 5.74) is -0.503. The maximum atomic E-state index is 12.6. The molecule has 27 heavy (non-hydrogen) atoms. The first-order valence-electron chi connectivity index (χ1n) is 9.94. The Morgan fingerprint density at radius 1 is 1.19 bits per heavy atom. The van der Waals surface area contributed by atoms with Crippen molar-refractivity contribution in [2.75, 3.05) is 39.3 Å². The Labute approximate surface area is 162 Å². The van der Waals surface area contributed by atoms with Crippen LogP contribution in [0.25, 0.3) is 0 Å². The molecular weight excluding hydrogens is 348 g/mol. The molecule has 0 aromatic heterocycles. The van der Waals surface area contributed by atoms with Gasteiger partial charge in [-0.2, -0.15) is 0 Å². The number of hydrogen-bond donors (Lipinski definition) is 1. The number of nitrogens with one attached hydrogen (secondary N) is 1. The van der Waals surface area contributed by atoms with Crippen LogP contribution < -0.4 is 5.32 Å². The van der Waals surface area contributed by atoms with Crippen molar-refractivity contribution in [2.45, 2.75) is 65.1 Å². The van der Waals surface area contributed by atoms with Crippen LogP contribution in [0.2, 0.25) is 0 Å². The van der Waals surface area contributed by atoms with Crippen molar-refractivity contribution < 1.29 is 19.1 Å². The molecule has 2 heterocycles. The molecule has 1 N–H and O–H groups in total. The van der Waals surface area contributed by atoms with Gasteiger partial charge in [-0.15, -0.1) is 0 Å². The molecule has 0 spiro atoms. The monoisotopic (exact) mass is 382 g/mol. The minimum Gasteiger partial charge on any atom is -0.444 e. The Bertz CT molecular complexity index is 548. The highest BCUT2D eigenvalue weighted by molar-refractivity contribution is 5.89. The number of amides is 3. The quantitative estimate of drug-likeness (QED) is 0.786. The Hall–Kier alpha value is -1.83. The van der Waals surface area contributed by atoms with Gasteiger partial charge in [-0.1, -0.05) is 0 Å². The Morgan fingerprint density at radius 2 is 1.78 bits per heavy atom. The number of piperazine rings is 1. The molecule has 8 nitrogen and oxygen atoms in total. The molecule has 0 aliphatic carbocycles. The van der Waals surface area contributed by atoms with Crippen LogP contribution in [0.4, 0.5) is 4.79 Å². The largest absolute Gasteiger partial charge is 0.444 e. The summed E-state index contributed by atoms with van der Waals surface area (Å²) >= 11 is 0. The molecule has 0 radical (unpaired) electrons. The number of hydrogen-bond acceptors (Lipinski definition) is 5. The lowest BCUT2D eigenvalue weighted by Gasteiger charge is -2.42. The van der Waals surface area contributed by atoms with Crippen molar-refractivity contribution in [3.63, 3.8) is 0 Å². The van der Waals surface area contributed by atoms with E-state index in [0.717, 1.165) is 12.8 Å². The van der Waals surface area contributed by atoms with Crippen LogP contribution in [-0.4, -0.2) is 89.6 Å². The van der Waals surface area contributed by atoms with E-state index in [0.29, 0.717) is 39.3 Å². The van der Waals surface area contributed by atoms with Crippen molar-refractivity contribution in [3.05, 3.63) is 0 Å². The fourth-order valence-electron chi connectivity index (χ4n) is 3.68. The van der Waals surface area contributed by atoms with Gasteiger partial charge in [0.25, 0.3) is 0 Å². The first-order chi connectivity index (χ1) is 12.6. The number of likely N-dealkylation sites (N-methyl/N-ethyl adjacent to an activating group) is 1. The molecule has 3 amide bonds. The van der Waals surface area contributed by atoms with Gasteiger partial charge in [0.2, 0.25) is 11.8 Å². The van der Waals surface area contributed by atoms with Gasteiger partial charge in [-0.05, 0) is 47.5 Å². The first kappa shape index (κ1) is 21.5. The van der Waals surface area contributed by atoms with Gasteiger partial charge in [0.15, 0.2) is 0 Å². The van der Waals surface area contributed by atoms with Gasteiger partial charge in [0, 0.05) is 38.8 Å². The summed E-state index contributed by atoms with van der Waals surface area (Å²) in [6.45, 7) is 12.8. The lowest BCUT2D eigenvalue weighted by molar-refractivity contribution is -0.140. The summed E-state index contributed by atoms with van der Waals surface area (Å²) in [4.78, 5) is 42.6. The van der Waals surface area contributed by atoms with Crippen LogP contribution >= 0.6 is 0 Å². The summed E-state index contributed by atoms with van der Waals surface area (Å²) in [6, 6.07) is -0.295. The number of likely N-dealkylation sites (tertiary alicyclic amines) is 1. The molecule has 2 aliphatic rings. The van der Waals surface area contributed by atoms with E-state index in [9.17, 15) is 14.4 Å². The normalized spacial score (nSPS) is 22.3. The minimum atomic E-state index is -0.503. The molecule has 0 aromatic rings. The fraction of sp³-hybridized carbons (Fsp3) is 0.842. The second-order valence-electron chi connectivity index (χ2n) is 8.26. The van der Waals surface area contributed by atoms with E-state index in [1.54, 1.807) is 9.80 Å². The van der Waals surface area contributed by atoms with Crippen LogP contribution in [0.15, 0.2) is 0 Å². The molecular formula is C19H34N4O4. The zero-order valence-corrected chi connectivity index (χ0v) is 17.3. The van der Waals surface area contributed by atoms with E-state index in [1.807, 2.05) is 34.6 Å². The smallest absolute Gasteiger partial charge is 0.410 e. The topological polar surface area (TPSA) is 82.2 Å². The SMILES string of the molecule is CCN(CC)C(=O)C1CN(C2CCN(C(=O)OC(C)(C)C)CC2)CC(=O)N1. The number of piperidine rings is 1. The van der Waals surface area contributed by atoms with Crippen molar-refractivity contribution in [1.29, 1.82) is 0 Å². The zero-order chi connectivity index (χ0) is 20.2. The maximum Gasteiger partial charge on any atom is 0.410 e. The Morgan fingerprint density at radius 3 is 2.30 bits per heavy atom. The number of nitrogens with zero attached hydrogens (tertiary/aromatic N) is 3. The predicted octanol–water partition coefficient (Wildman–Crippen LogP) is 1.05. The van der Waals surface area contributed by atoms with Gasteiger partial charge in [-0.3, -0.25) is 14.5 Å². The number of rotatable bonds is 4. The lowest BCUT2D eigenvalue weighted by atomic mass is 10.0. The summed E-state index contributed by atoms with van der Waals surface area (Å²) in [7, 11) is 0. The molecule has 1 atom stereocenters. The molecule has 0 bridgehead atoms. The average Bonchev–Trinajstić information content (AvgIpc) is 2.61. The Kier molecular flexibility index (Phi) is 7.08. The molecule has 8 heteroatoms. The van der Waals surface area contributed by atoms with Crippen LogP contribution in [0.1, 0.15) is 47.5 Å². The molecule has 0 saturated carbocycles. The molecule has 154 valence electrons. The number of carbonyl (C=O) groups excluding carboxylic acids is 3. The van der Waals surface area contributed by atoms with Crippen molar-refractivity contribution in [3.8, 4) is 0 Å². The standard InChI is InChI=1S/C19H34N4O4/c1-6-21(7-2)17(25)15-12-23(13-16(24)20-15)14-8-10-22(11-9-14)18(26)27-19(3,4)5/h14-15H,6-13H2,1-5H3,(H,20,24). The molecule has 2 rings (SSSR count). The first-order valence-corrected chi connectivity index (χ1v) is 9.94. The molecule has 2 saturated heterocycles. The third kappa shape index (κ3) is 5.82. The summed E-state index contributed by atoms with van der Waals surface area (Å²) in [5.74, 6) is -0.134. The third-order valence-electron chi connectivity index (χ3n) is 5.10. The number of ether oxygens (including phenoxy) is 1. The van der Waals surface area contributed by atoms with E-state index < -0.39 is 11.6 Å². The minimum absolute atomic E-state index is 0.0239. The Balaban J connectivity index is 1.92. The summed E-state index contributed by atoms with van der Waals surface area (Å²) in [6.07, 6.45) is 1.27. The summed E-state index contributed by atoms with van der Waals surface area (Å²) < 4.78 is 5.43. The van der Waals surface area contributed by atoms with Crippen molar-refractivity contribution >= 4 is 17.9 Å².